The van der Waals surface area contributed by atoms with Gasteiger partial charge < -0.3 is 5.32 Å². The minimum Gasteiger partial charge on any atom is -0.380 e. The lowest BCUT2D eigenvalue weighted by Gasteiger charge is -2.09. The summed E-state index contributed by atoms with van der Waals surface area (Å²) >= 11 is 5.62. The third-order valence-corrected chi connectivity index (χ3v) is 2.79. The molecule has 0 fully saturated rings. The van der Waals surface area contributed by atoms with E-state index >= 15 is 0 Å². The molecule has 0 aliphatic carbocycles. The standard InChI is InChI=1S/C13H9ClF4N2/c14-9-2-1-8(11(15)5-9)6-19-10-3-4-12(20-7-10)13(16,17)18/h1-5,7,19H,6H2. The molecule has 2 aromatic rings. The lowest BCUT2D eigenvalue weighted by atomic mass is 10.2. The third kappa shape index (κ3) is 3.60. The Morgan fingerprint density at radius 3 is 2.45 bits per heavy atom. The molecule has 0 amide bonds. The Bertz CT molecular complexity index is 596. The van der Waals surface area contributed by atoms with Crippen molar-refractivity contribution in [2.75, 3.05) is 5.32 Å². The van der Waals surface area contributed by atoms with Gasteiger partial charge in [0.05, 0.1) is 11.9 Å². The lowest BCUT2D eigenvalue weighted by Crippen LogP contribution is -2.08. The van der Waals surface area contributed by atoms with E-state index in [1.807, 2.05) is 0 Å². The molecule has 1 aromatic carbocycles. The average molecular weight is 305 g/mol. The summed E-state index contributed by atoms with van der Waals surface area (Å²) in [6.07, 6.45) is -3.42. The number of hydrogen-bond donors (Lipinski definition) is 1. The molecule has 1 heterocycles. The minimum atomic E-state index is -4.47. The highest BCUT2D eigenvalue weighted by atomic mass is 35.5. The fourth-order valence-corrected chi connectivity index (χ4v) is 1.69. The number of pyridine rings is 1. The van der Waals surface area contributed by atoms with Gasteiger partial charge in [0.15, 0.2) is 0 Å². The van der Waals surface area contributed by atoms with Crippen molar-refractivity contribution >= 4 is 17.3 Å². The van der Waals surface area contributed by atoms with E-state index in [-0.39, 0.29) is 11.6 Å². The van der Waals surface area contributed by atoms with Gasteiger partial charge in [-0.1, -0.05) is 17.7 Å². The van der Waals surface area contributed by atoms with E-state index in [1.54, 1.807) is 0 Å². The Morgan fingerprint density at radius 2 is 1.90 bits per heavy atom. The molecule has 1 aromatic heterocycles. The molecule has 0 saturated heterocycles. The normalized spacial score (nSPS) is 11.4. The van der Waals surface area contributed by atoms with Crippen molar-refractivity contribution in [3.63, 3.8) is 0 Å². The molecule has 0 aliphatic heterocycles. The summed E-state index contributed by atoms with van der Waals surface area (Å²) in [5, 5.41) is 3.07. The van der Waals surface area contributed by atoms with E-state index in [2.05, 4.69) is 10.3 Å². The molecule has 20 heavy (non-hydrogen) atoms. The number of alkyl halides is 3. The van der Waals surface area contributed by atoms with Gasteiger partial charge in [-0.05, 0) is 24.3 Å². The highest BCUT2D eigenvalue weighted by Crippen LogP contribution is 2.27. The number of anilines is 1. The third-order valence-electron chi connectivity index (χ3n) is 2.55. The van der Waals surface area contributed by atoms with Gasteiger partial charge in [0, 0.05) is 17.1 Å². The van der Waals surface area contributed by atoms with E-state index in [4.69, 9.17) is 11.6 Å². The summed E-state index contributed by atoms with van der Waals surface area (Å²) in [6, 6.07) is 6.31. The Morgan fingerprint density at radius 1 is 1.15 bits per heavy atom. The molecular formula is C13H9ClF4N2. The second kappa shape index (κ2) is 5.66. The van der Waals surface area contributed by atoms with Crippen molar-refractivity contribution in [1.29, 1.82) is 0 Å². The fraction of sp³-hybridized carbons (Fsp3) is 0.154. The molecule has 0 spiro atoms. The highest BCUT2D eigenvalue weighted by molar-refractivity contribution is 6.30. The number of benzene rings is 1. The van der Waals surface area contributed by atoms with Crippen LogP contribution in [0.15, 0.2) is 36.5 Å². The van der Waals surface area contributed by atoms with Gasteiger partial charge in [-0.15, -0.1) is 0 Å². The predicted molar refractivity (Wildman–Crippen MR) is 68.0 cm³/mol. The largest absolute Gasteiger partial charge is 0.433 e. The van der Waals surface area contributed by atoms with Crippen molar-refractivity contribution in [2.45, 2.75) is 12.7 Å². The van der Waals surface area contributed by atoms with Gasteiger partial charge >= 0.3 is 6.18 Å². The van der Waals surface area contributed by atoms with Gasteiger partial charge in [0.2, 0.25) is 0 Å². The topological polar surface area (TPSA) is 24.9 Å². The Labute approximate surface area is 117 Å². The smallest absolute Gasteiger partial charge is 0.380 e. The van der Waals surface area contributed by atoms with Gasteiger partial charge in [-0.2, -0.15) is 13.2 Å². The highest BCUT2D eigenvalue weighted by Gasteiger charge is 2.31. The second-order valence-electron chi connectivity index (χ2n) is 4.02. The first-order valence-corrected chi connectivity index (χ1v) is 5.95. The molecule has 0 unspecified atom stereocenters. The minimum absolute atomic E-state index is 0.121. The lowest BCUT2D eigenvalue weighted by molar-refractivity contribution is -0.141. The van der Waals surface area contributed by atoms with Crippen LogP contribution in [-0.2, 0) is 12.7 Å². The first kappa shape index (κ1) is 14.6. The summed E-state index contributed by atoms with van der Waals surface area (Å²) in [6.45, 7) is 0.121. The molecule has 0 aliphatic rings. The van der Waals surface area contributed by atoms with Crippen molar-refractivity contribution in [3.05, 3.63) is 58.6 Å². The van der Waals surface area contributed by atoms with Gasteiger partial charge in [0.25, 0.3) is 0 Å². The number of nitrogens with one attached hydrogen (secondary N) is 1. The monoisotopic (exact) mass is 304 g/mol. The van der Waals surface area contributed by atoms with Crippen LogP contribution in [0, 0.1) is 5.82 Å². The van der Waals surface area contributed by atoms with E-state index in [0.717, 1.165) is 12.3 Å². The first-order valence-electron chi connectivity index (χ1n) is 5.57. The average Bonchev–Trinajstić information content (AvgIpc) is 2.37. The van der Waals surface area contributed by atoms with Crippen LogP contribution in [0.4, 0.5) is 23.2 Å². The molecule has 7 heteroatoms. The number of hydrogen-bond acceptors (Lipinski definition) is 2. The van der Waals surface area contributed by atoms with E-state index in [9.17, 15) is 17.6 Å². The Balaban J connectivity index is 2.04. The summed E-state index contributed by atoms with van der Waals surface area (Å²) in [5.74, 6) is -0.482. The quantitative estimate of drug-likeness (QED) is 0.844. The van der Waals surface area contributed by atoms with Crippen molar-refractivity contribution in [3.8, 4) is 0 Å². The van der Waals surface area contributed by atoms with E-state index in [1.165, 1.54) is 24.3 Å². The maximum Gasteiger partial charge on any atom is 0.433 e. The molecule has 0 atom stereocenters. The summed E-state index contributed by atoms with van der Waals surface area (Å²) < 4.78 is 50.4. The Hall–Kier alpha value is -1.82. The van der Waals surface area contributed by atoms with Crippen molar-refractivity contribution in [2.24, 2.45) is 0 Å². The van der Waals surface area contributed by atoms with Crippen LogP contribution in [0.5, 0.6) is 0 Å². The van der Waals surface area contributed by atoms with Crippen LogP contribution < -0.4 is 5.32 Å². The van der Waals surface area contributed by atoms with Gasteiger partial charge in [0.1, 0.15) is 11.5 Å². The maximum atomic E-state index is 13.5. The van der Waals surface area contributed by atoms with E-state index in [0.29, 0.717) is 11.3 Å². The van der Waals surface area contributed by atoms with Crippen LogP contribution in [-0.4, -0.2) is 4.98 Å². The summed E-state index contributed by atoms with van der Waals surface area (Å²) in [5.41, 5.74) is -0.248. The number of halogens is 5. The first-order chi connectivity index (χ1) is 9.36. The van der Waals surface area contributed by atoms with Crippen LogP contribution in [0.3, 0.4) is 0 Å². The molecule has 2 nitrogen and oxygen atoms in total. The van der Waals surface area contributed by atoms with Crippen molar-refractivity contribution in [1.82, 2.24) is 4.98 Å². The molecular weight excluding hydrogens is 296 g/mol. The Kier molecular flexibility index (Phi) is 4.13. The zero-order valence-corrected chi connectivity index (χ0v) is 10.8. The SMILES string of the molecule is Fc1cc(Cl)ccc1CNc1ccc(C(F)(F)F)nc1. The molecule has 2 rings (SSSR count). The van der Waals surface area contributed by atoms with Gasteiger partial charge in [-0.25, -0.2) is 9.37 Å². The maximum absolute atomic E-state index is 13.5. The predicted octanol–water partition coefficient (Wildman–Crippen LogP) is 4.51. The number of nitrogens with zero attached hydrogens (tertiary/aromatic N) is 1. The van der Waals surface area contributed by atoms with Crippen molar-refractivity contribution < 1.29 is 17.6 Å². The number of aromatic nitrogens is 1. The molecule has 1 N–H and O–H groups in total. The molecule has 0 saturated carbocycles. The van der Waals surface area contributed by atoms with Gasteiger partial charge in [-0.3, -0.25) is 0 Å². The fourth-order valence-electron chi connectivity index (χ4n) is 1.53. The summed E-state index contributed by atoms with van der Waals surface area (Å²) in [7, 11) is 0. The summed E-state index contributed by atoms with van der Waals surface area (Å²) in [4.78, 5) is 3.30. The second-order valence-corrected chi connectivity index (χ2v) is 4.46. The zero-order valence-electron chi connectivity index (χ0n) is 10.0. The molecule has 106 valence electrons. The van der Waals surface area contributed by atoms with Crippen LogP contribution in [0.2, 0.25) is 5.02 Å². The van der Waals surface area contributed by atoms with E-state index < -0.39 is 17.7 Å². The van der Waals surface area contributed by atoms with Crippen LogP contribution >= 0.6 is 11.6 Å². The molecule has 0 radical (unpaired) electrons. The number of rotatable bonds is 3. The van der Waals surface area contributed by atoms with Crippen LogP contribution in [0.1, 0.15) is 11.3 Å². The molecule has 0 bridgehead atoms. The van der Waals surface area contributed by atoms with Crippen LogP contribution in [0.25, 0.3) is 0 Å². The zero-order chi connectivity index (χ0) is 14.8.